The summed E-state index contributed by atoms with van der Waals surface area (Å²) >= 11 is 0. The number of rotatable bonds is 9. The lowest BCUT2D eigenvalue weighted by Gasteiger charge is -2.16. The zero-order valence-electron chi connectivity index (χ0n) is 18.0. The maximum atomic E-state index is 11.4. The Morgan fingerprint density at radius 2 is 1.64 bits per heavy atom. The van der Waals surface area contributed by atoms with Gasteiger partial charge in [-0.25, -0.2) is 0 Å². The number of hydrogen-bond donors (Lipinski definition) is 2. The normalized spacial score (nSPS) is 13.2. The van der Waals surface area contributed by atoms with Crippen LogP contribution >= 0.6 is 0 Å². The van der Waals surface area contributed by atoms with Crippen molar-refractivity contribution >= 4 is 5.97 Å². The van der Waals surface area contributed by atoms with Crippen molar-refractivity contribution in [3.8, 4) is 11.5 Å². The summed E-state index contributed by atoms with van der Waals surface area (Å²) in [6.07, 6.45) is 8.88. The first-order valence-electron chi connectivity index (χ1n) is 9.74. The van der Waals surface area contributed by atoms with Crippen molar-refractivity contribution in [3.05, 3.63) is 58.2 Å². The fraction of sp³-hybridized carbons (Fsp3) is 0.458. The number of allylic oxidation sites excluding steroid dienone is 4. The predicted molar refractivity (Wildman–Crippen MR) is 115 cm³/mol. The van der Waals surface area contributed by atoms with Crippen LogP contribution in [0.25, 0.3) is 0 Å². The highest BCUT2D eigenvalue weighted by Gasteiger charge is 2.12. The molecule has 4 nitrogen and oxygen atoms in total. The van der Waals surface area contributed by atoms with E-state index in [9.17, 15) is 15.0 Å². The van der Waals surface area contributed by atoms with Gasteiger partial charge >= 0.3 is 5.97 Å². The van der Waals surface area contributed by atoms with Gasteiger partial charge in [-0.3, -0.25) is 4.79 Å². The number of aryl methyl sites for hydroxylation is 1. The summed E-state index contributed by atoms with van der Waals surface area (Å²) in [6.45, 7) is 11.4. The quantitative estimate of drug-likeness (QED) is 0.409. The molecular formula is C24H34O4. The summed E-state index contributed by atoms with van der Waals surface area (Å²) in [5, 5.41) is 20.0. The number of benzene rings is 1. The molecule has 1 unspecified atom stereocenters. The van der Waals surface area contributed by atoms with E-state index in [1.807, 2.05) is 40.7 Å². The summed E-state index contributed by atoms with van der Waals surface area (Å²) in [7, 11) is 0. The van der Waals surface area contributed by atoms with E-state index in [1.54, 1.807) is 12.1 Å². The number of carbonyl (C=O) groups excluding carboxylic acids is 1. The molecule has 0 aliphatic carbocycles. The van der Waals surface area contributed by atoms with Crippen LogP contribution in [0.4, 0.5) is 0 Å². The molecular weight excluding hydrogens is 352 g/mol. The van der Waals surface area contributed by atoms with Crippen LogP contribution < -0.4 is 0 Å². The standard InChI is InChI=1S/C24H34O4/c1-16(2)10-13-24(28-20(6)25)19(5)9-7-8-17(3)11-12-21-22(26)14-18(4)15-23(21)27/h9-11,14-15,24,26-27H,7-8,12-13H2,1-6H3. The van der Waals surface area contributed by atoms with E-state index in [2.05, 4.69) is 12.2 Å². The summed E-state index contributed by atoms with van der Waals surface area (Å²) < 4.78 is 5.44. The number of phenols is 2. The Hall–Kier alpha value is -2.49. The van der Waals surface area contributed by atoms with Gasteiger partial charge in [0.05, 0.1) is 0 Å². The Balaban J connectivity index is 2.69. The molecule has 0 amide bonds. The minimum Gasteiger partial charge on any atom is -0.508 e. The molecule has 154 valence electrons. The predicted octanol–water partition coefficient (Wildman–Crippen LogP) is 5.91. The molecule has 4 heteroatoms. The minimum absolute atomic E-state index is 0.126. The monoisotopic (exact) mass is 386 g/mol. The summed E-state index contributed by atoms with van der Waals surface area (Å²) in [4.78, 5) is 11.4. The van der Waals surface area contributed by atoms with E-state index in [-0.39, 0.29) is 23.6 Å². The molecule has 0 saturated carbocycles. The molecule has 0 fully saturated rings. The van der Waals surface area contributed by atoms with Crippen molar-refractivity contribution in [2.24, 2.45) is 0 Å². The first-order valence-corrected chi connectivity index (χ1v) is 9.74. The third-order valence-electron chi connectivity index (χ3n) is 4.56. The minimum atomic E-state index is -0.270. The average Bonchev–Trinajstić information content (AvgIpc) is 2.57. The first kappa shape index (κ1) is 23.5. The lowest BCUT2D eigenvalue weighted by molar-refractivity contribution is -0.144. The van der Waals surface area contributed by atoms with Crippen LogP contribution in [-0.2, 0) is 16.0 Å². The fourth-order valence-electron chi connectivity index (χ4n) is 2.89. The molecule has 1 rings (SSSR count). The van der Waals surface area contributed by atoms with E-state index in [0.29, 0.717) is 18.4 Å². The third kappa shape index (κ3) is 8.47. The van der Waals surface area contributed by atoms with E-state index in [1.165, 1.54) is 18.1 Å². The zero-order chi connectivity index (χ0) is 21.3. The van der Waals surface area contributed by atoms with Crippen LogP contribution in [-0.4, -0.2) is 22.3 Å². The highest BCUT2D eigenvalue weighted by molar-refractivity contribution is 5.66. The van der Waals surface area contributed by atoms with Gasteiger partial charge in [0, 0.05) is 18.9 Å². The van der Waals surface area contributed by atoms with Crippen molar-refractivity contribution < 1.29 is 19.7 Å². The van der Waals surface area contributed by atoms with Crippen LogP contribution in [0.15, 0.2) is 47.1 Å². The second kappa shape index (κ2) is 11.4. The van der Waals surface area contributed by atoms with E-state index >= 15 is 0 Å². The summed E-state index contributed by atoms with van der Waals surface area (Å²) in [5.74, 6) is -0.0183. The van der Waals surface area contributed by atoms with Crippen LogP contribution in [0.1, 0.15) is 65.0 Å². The van der Waals surface area contributed by atoms with Crippen LogP contribution in [0.2, 0.25) is 0 Å². The van der Waals surface area contributed by atoms with Gasteiger partial charge in [0.1, 0.15) is 17.6 Å². The molecule has 1 atom stereocenters. The number of ether oxygens (including phenoxy) is 1. The Labute approximate surface area is 169 Å². The molecule has 1 aromatic rings. The SMILES string of the molecule is CC(=O)OC(CC=C(C)C)C(C)=CCCC(C)=CCc1c(O)cc(C)cc1O. The highest BCUT2D eigenvalue weighted by atomic mass is 16.5. The average molecular weight is 387 g/mol. The Morgan fingerprint density at radius 1 is 1.04 bits per heavy atom. The number of esters is 1. The van der Waals surface area contributed by atoms with Gasteiger partial charge in [0.15, 0.2) is 0 Å². The molecule has 0 radical (unpaired) electrons. The van der Waals surface area contributed by atoms with E-state index in [0.717, 1.165) is 24.0 Å². The largest absolute Gasteiger partial charge is 0.508 e. The van der Waals surface area contributed by atoms with Gasteiger partial charge in [-0.15, -0.1) is 0 Å². The second-order valence-electron chi connectivity index (χ2n) is 7.64. The summed E-state index contributed by atoms with van der Waals surface area (Å²) in [5.41, 5.74) is 4.81. The topological polar surface area (TPSA) is 66.8 Å². The second-order valence-corrected chi connectivity index (χ2v) is 7.64. The highest BCUT2D eigenvalue weighted by Crippen LogP contribution is 2.29. The first-order chi connectivity index (χ1) is 13.1. The van der Waals surface area contributed by atoms with Gasteiger partial charge in [-0.2, -0.15) is 0 Å². The Kier molecular flexibility index (Phi) is 9.57. The van der Waals surface area contributed by atoms with Crippen molar-refractivity contribution in [3.63, 3.8) is 0 Å². The molecule has 0 bridgehead atoms. The molecule has 0 saturated heterocycles. The van der Waals surface area contributed by atoms with Crippen molar-refractivity contribution in [2.75, 3.05) is 0 Å². The van der Waals surface area contributed by atoms with Crippen molar-refractivity contribution in [2.45, 2.75) is 73.3 Å². The van der Waals surface area contributed by atoms with E-state index < -0.39 is 0 Å². The van der Waals surface area contributed by atoms with Crippen molar-refractivity contribution in [1.29, 1.82) is 0 Å². The molecule has 0 aliphatic heterocycles. The number of phenolic OH excluding ortho intramolecular Hbond substituents is 2. The fourth-order valence-corrected chi connectivity index (χ4v) is 2.89. The maximum absolute atomic E-state index is 11.4. The lowest BCUT2D eigenvalue weighted by Crippen LogP contribution is -2.17. The van der Waals surface area contributed by atoms with Gasteiger partial charge < -0.3 is 14.9 Å². The third-order valence-corrected chi connectivity index (χ3v) is 4.56. The van der Waals surface area contributed by atoms with Gasteiger partial charge in [-0.1, -0.05) is 29.4 Å². The molecule has 0 aromatic heterocycles. The van der Waals surface area contributed by atoms with Crippen LogP contribution in [0.3, 0.4) is 0 Å². The van der Waals surface area contributed by atoms with Gasteiger partial charge in [0.2, 0.25) is 0 Å². The lowest BCUT2D eigenvalue weighted by atomic mass is 10.0. The molecule has 0 spiro atoms. The van der Waals surface area contributed by atoms with Crippen LogP contribution in [0, 0.1) is 6.92 Å². The van der Waals surface area contributed by atoms with E-state index in [4.69, 9.17) is 4.74 Å². The maximum Gasteiger partial charge on any atom is 0.303 e. The van der Waals surface area contributed by atoms with Crippen LogP contribution in [0.5, 0.6) is 11.5 Å². The zero-order valence-corrected chi connectivity index (χ0v) is 18.0. The smallest absolute Gasteiger partial charge is 0.303 e. The molecule has 2 N–H and O–H groups in total. The van der Waals surface area contributed by atoms with Crippen molar-refractivity contribution in [1.82, 2.24) is 0 Å². The number of aromatic hydroxyl groups is 2. The molecule has 0 aliphatic rings. The Bertz CT molecular complexity index is 742. The summed E-state index contributed by atoms with van der Waals surface area (Å²) in [6, 6.07) is 3.32. The Morgan fingerprint density at radius 3 is 2.18 bits per heavy atom. The van der Waals surface area contributed by atoms with Gasteiger partial charge in [0.25, 0.3) is 0 Å². The van der Waals surface area contributed by atoms with Gasteiger partial charge in [-0.05, 0) is 77.2 Å². The number of carbonyl (C=O) groups is 1. The molecule has 1 aromatic carbocycles. The number of hydrogen-bond acceptors (Lipinski definition) is 4. The molecule has 0 heterocycles. The molecule has 28 heavy (non-hydrogen) atoms.